The van der Waals surface area contributed by atoms with Crippen LogP contribution in [0.2, 0.25) is 0 Å². The Morgan fingerprint density at radius 3 is 2.67 bits per heavy atom. The molecule has 130 valence electrons. The van der Waals surface area contributed by atoms with Gasteiger partial charge in [0.15, 0.2) is 10.9 Å². The molecule has 0 bridgehead atoms. The molecule has 2 N–H and O–H groups in total. The number of Topliss-reactive ketones (excluding diaryl/α,β-unsaturated/α-hetero) is 1. The Kier molecular flexibility index (Phi) is 5.28. The van der Waals surface area contributed by atoms with Crippen molar-refractivity contribution in [2.24, 2.45) is 5.92 Å². The average Bonchev–Trinajstić information content (AvgIpc) is 2.98. The molecule has 1 atom stereocenters. The Morgan fingerprint density at radius 2 is 1.96 bits per heavy atom. The minimum absolute atomic E-state index is 0.0342. The van der Waals surface area contributed by atoms with Crippen LogP contribution in [0.5, 0.6) is 0 Å². The molecule has 7 heteroatoms. The lowest BCUT2D eigenvalue weighted by molar-refractivity contribution is -0.126. The van der Waals surface area contributed by atoms with Crippen LogP contribution in [0.15, 0.2) is 0 Å². The van der Waals surface area contributed by atoms with Crippen molar-refractivity contribution in [1.82, 2.24) is 10.3 Å². The van der Waals surface area contributed by atoms with Gasteiger partial charge in [0.1, 0.15) is 0 Å². The van der Waals surface area contributed by atoms with E-state index in [-0.39, 0.29) is 36.0 Å². The van der Waals surface area contributed by atoms with Crippen molar-refractivity contribution in [3.63, 3.8) is 0 Å². The number of rotatable bonds is 4. The van der Waals surface area contributed by atoms with E-state index in [9.17, 15) is 14.4 Å². The third kappa shape index (κ3) is 3.83. The molecular formula is C17H23N3O3S. The summed E-state index contributed by atoms with van der Waals surface area (Å²) in [4.78, 5) is 41.3. The zero-order valence-corrected chi connectivity index (χ0v) is 14.7. The number of carbonyl (C=O) groups excluding carboxylic acids is 3. The standard InChI is InChI=1S/C17H23N3O3S/c1-2-14(22)20-17-19-12-8-10(9-13(21)15(12)24-17)16(23)18-11-6-4-3-5-7-11/h10-11H,2-9H2,1H3,(H,18,23)(H,19,20,22). The summed E-state index contributed by atoms with van der Waals surface area (Å²) in [6.07, 6.45) is 6.68. The van der Waals surface area contributed by atoms with Crippen LogP contribution in [-0.2, 0) is 16.0 Å². The molecule has 1 heterocycles. The van der Waals surface area contributed by atoms with Gasteiger partial charge >= 0.3 is 0 Å². The molecule has 24 heavy (non-hydrogen) atoms. The van der Waals surface area contributed by atoms with E-state index in [0.29, 0.717) is 28.5 Å². The van der Waals surface area contributed by atoms with Crippen molar-refractivity contribution in [1.29, 1.82) is 0 Å². The molecular weight excluding hydrogens is 326 g/mol. The quantitative estimate of drug-likeness (QED) is 0.875. The van der Waals surface area contributed by atoms with E-state index < -0.39 is 0 Å². The third-order valence-corrected chi connectivity index (χ3v) is 5.77. The van der Waals surface area contributed by atoms with Crippen LogP contribution < -0.4 is 10.6 Å². The molecule has 2 aliphatic carbocycles. The van der Waals surface area contributed by atoms with Gasteiger partial charge in [-0.25, -0.2) is 4.98 Å². The summed E-state index contributed by atoms with van der Waals surface area (Å²) in [6, 6.07) is 0.248. The summed E-state index contributed by atoms with van der Waals surface area (Å²) in [7, 11) is 0. The Bertz CT molecular complexity index is 650. The highest BCUT2D eigenvalue weighted by Crippen LogP contribution is 2.32. The molecule has 1 saturated carbocycles. The lowest BCUT2D eigenvalue weighted by atomic mass is 9.88. The number of amides is 2. The second-order valence-corrected chi connectivity index (χ2v) is 7.57. The number of ketones is 1. The van der Waals surface area contributed by atoms with Crippen molar-refractivity contribution in [3.05, 3.63) is 10.6 Å². The van der Waals surface area contributed by atoms with E-state index in [1.54, 1.807) is 6.92 Å². The van der Waals surface area contributed by atoms with Gasteiger partial charge in [-0.05, 0) is 12.8 Å². The van der Waals surface area contributed by atoms with Crippen LogP contribution in [0.1, 0.15) is 67.2 Å². The molecule has 1 aromatic rings. The largest absolute Gasteiger partial charge is 0.353 e. The topological polar surface area (TPSA) is 88.2 Å². The highest BCUT2D eigenvalue weighted by atomic mass is 32.1. The lowest BCUT2D eigenvalue weighted by Crippen LogP contribution is -2.42. The average molecular weight is 349 g/mol. The Hall–Kier alpha value is -1.76. The van der Waals surface area contributed by atoms with E-state index >= 15 is 0 Å². The van der Waals surface area contributed by atoms with Gasteiger partial charge in [-0.3, -0.25) is 14.4 Å². The SMILES string of the molecule is CCC(=O)Nc1nc2c(s1)C(=O)CC(C(=O)NC1CCCCC1)C2. The minimum Gasteiger partial charge on any atom is -0.353 e. The number of hydrogen-bond acceptors (Lipinski definition) is 5. The Balaban J connectivity index is 1.65. The highest BCUT2D eigenvalue weighted by Gasteiger charge is 2.34. The van der Waals surface area contributed by atoms with E-state index in [1.165, 1.54) is 17.8 Å². The molecule has 3 rings (SSSR count). The van der Waals surface area contributed by atoms with Gasteiger partial charge < -0.3 is 10.6 Å². The summed E-state index contributed by atoms with van der Waals surface area (Å²) >= 11 is 1.21. The van der Waals surface area contributed by atoms with Gasteiger partial charge in [0.2, 0.25) is 11.8 Å². The third-order valence-electron chi connectivity index (χ3n) is 4.71. The predicted octanol–water partition coefficient (Wildman–Crippen LogP) is 2.69. The second kappa shape index (κ2) is 7.42. The molecule has 1 aromatic heterocycles. The van der Waals surface area contributed by atoms with Gasteiger partial charge in [-0.15, -0.1) is 0 Å². The fourth-order valence-corrected chi connectivity index (χ4v) is 4.30. The number of aromatic nitrogens is 1. The summed E-state index contributed by atoms with van der Waals surface area (Å²) in [5.41, 5.74) is 0.645. The molecule has 2 amide bonds. The Labute approximate surface area is 145 Å². The minimum atomic E-state index is -0.344. The van der Waals surface area contributed by atoms with Gasteiger partial charge in [-0.2, -0.15) is 0 Å². The number of fused-ring (bicyclic) bond motifs is 1. The van der Waals surface area contributed by atoms with E-state index in [0.717, 1.165) is 25.7 Å². The first-order valence-electron chi connectivity index (χ1n) is 8.70. The molecule has 1 unspecified atom stereocenters. The number of thiazole rings is 1. The normalized spacial score (nSPS) is 21.2. The van der Waals surface area contributed by atoms with Crippen LogP contribution in [0.3, 0.4) is 0 Å². The number of hydrogen-bond donors (Lipinski definition) is 2. The molecule has 1 fully saturated rings. The lowest BCUT2D eigenvalue weighted by Gasteiger charge is -2.26. The molecule has 0 aliphatic heterocycles. The first-order chi connectivity index (χ1) is 11.6. The number of carbonyl (C=O) groups is 3. The maximum absolute atomic E-state index is 12.5. The van der Waals surface area contributed by atoms with Crippen LogP contribution in [0, 0.1) is 5.92 Å². The monoisotopic (exact) mass is 349 g/mol. The predicted molar refractivity (Wildman–Crippen MR) is 92.2 cm³/mol. The van der Waals surface area contributed by atoms with Gasteiger partial charge in [0.25, 0.3) is 0 Å². The summed E-state index contributed by atoms with van der Waals surface area (Å²) < 4.78 is 0. The van der Waals surface area contributed by atoms with Gasteiger partial charge in [-0.1, -0.05) is 37.5 Å². The summed E-state index contributed by atoms with van der Waals surface area (Å²) in [5, 5.41) is 6.25. The number of nitrogens with zero attached hydrogens (tertiary/aromatic N) is 1. The van der Waals surface area contributed by atoms with Crippen molar-refractivity contribution in [2.75, 3.05) is 5.32 Å². The van der Waals surface area contributed by atoms with E-state index in [1.807, 2.05) is 0 Å². The first kappa shape index (κ1) is 17.1. The van der Waals surface area contributed by atoms with Crippen LogP contribution in [-0.4, -0.2) is 28.6 Å². The van der Waals surface area contributed by atoms with Crippen molar-refractivity contribution in [2.45, 2.75) is 64.3 Å². The van der Waals surface area contributed by atoms with E-state index in [2.05, 4.69) is 15.6 Å². The molecule has 0 spiro atoms. The highest BCUT2D eigenvalue weighted by molar-refractivity contribution is 7.17. The molecule has 6 nitrogen and oxygen atoms in total. The maximum atomic E-state index is 12.5. The zero-order chi connectivity index (χ0) is 17.1. The summed E-state index contributed by atoms with van der Waals surface area (Å²) in [6.45, 7) is 1.76. The fraction of sp³-hybridized carbons (Fsp3) is 0.647. The van der Waals surface area contributed by atoms with Crippen molar-refractivity contribution < 1.29 is 14.4 Å². The van der Waals surface area contributed by atoms with Crippen molar-refractivity contribution >= 4 is 34.1 Å². The summed E-state index contributed by atoms with van der Waals surface area (Å²) in [5.74, 6) is -0.550. The van der Waals surface area contributed by atoms with Gasteiger partial charge in [0, 0.05) is 25.3 Å². The smallest absolute Gasteiger partial charge is 0.225 e. The van der Waals surface area contributed by atoms with E-state index in [4.69, 9.17) is 0 Å². The van der Waals surface area contributed by atoms with Crippen molar-refractivity contribution in [3.8, 4) is 0 Å². The van der Waals surface area contributed by atoms with Gasteiger partial charge in [0.05, 0.1) is 16.5 Å². The van der Waals surface area contributed by atoms with Crippen LogP contribution >= 0.6 is 11.3 Å². The first-order valence-corrected chi connectivity index (χ1v) is 9.51. The second-order valence-electron chi connectivity index (χ2n) is 6.57. The molecule has 0 saturated heterocycles. The fourth-order valence-electron chi connectivity index (χ4n) is 3.34. The Morgan fingerprint density at radius 1 is 1.21 bits per heavy atom. The number of nitrogens with one attached hydrogen (secondary N) is 2. The maximum Gasteiger partial charge on any atom is 0.225 e. The molecule has 0 radical (unpaired) electrons. The zero-order valence-electron chi connectivity index (χ0n) is 13.9. The van der Waals surface area contributed by atoms with Crippen LogP contribution in [0.4, 0.5) is 5.13 Å². The van der Waals surface area contributed by atoms with Crippen LogP contribution in [0.25, 0.3) is 0 Å². The molecule has 0 aromatic carbocycles. The number of anilines is 1. The molecule has 2 aliphatic rings.